The van der Waals surface area contributed by atoms with Gasteiger partial charge in [0.05, 0.1) is 0 Å². The number of benzene rings is 1. The van der Waals surface area contributed by atoms with Gasteiger partial charge in [0.15, 0.2) is 0 Å². The topological polar surface area (TPSA) is 38.5 Å². The van der Waals surface area contributed by atoms with E-state index in [0.29, 0.717) is 5.41 Å². The molecule has 0 saturated heterocycles. The highest BCUT2D eigenvalue weighted by Gasteiger charge is 2.20. The molecule has 1 heterocycles. The standard InChI is InChI=1S/C17H26N2O/c1-17(2,3)14-8-10-19(11-9-14)12-13-20-16-6-4-15(18)5-7-16/h4-8H,9-13,18H2,1-3H3. The summed E-state index contributed by atoms with van der Waals surface area (Å²) in [5, 5.41) is 0. The van der Waals surface area contributed by atoms with Crippen molar-refractivity contribution < 1.29 is 4.74 Å². The second-order valence-electron chi connectivity index (χ2n) is 6.45. The van der Waals surface area contributed by atoms with Crippen LogP contribution in [-0.4, -0.2) is 31.1 Å². The summed E-state index contributed by atoms with van der Waals surface area (Å²) in [6.45, 7) is 10.7. The summed E-state index contributed by atoms with van der Waals surface area (Å²) in [6.07, 6.45) is 3.55. The lowest BCUT2D eigenvalue weighted by atomic mass is 9.83. The third-order valence-corrected chi connectivity index (χ3v) is 3.81. The van der Waals surface area contributed by atoms with E-state index in [9.17, 15) is 0 Å². The molecule has 0 saturated carbocycles. The SMILES string of the molecule is CC(C)(C)C1=CCN(CCOc2ccc(N)cc2)CC1. The molecule has 3 nitrogen and oxygen atoms in total. The quantitative estimate of drug-likeness (QED) is 0.676. The van der Waals surface area contributed by atoms with Crippen LogP contribution in [0.15, 0.2) is 35.9 Å². The Morgan fingerprint density at radius 1 is 1.20 bits per heavy atom. The van der Waals surface area contributed by atoms with Crippen LogP contribution in [0.3, 0.4) is 0 Å². The van der Waals surface area contributed by atoms with Gasteiger partial charge in [-0.05, 0) is 36.1 Å². The molecule has 0 bridgehead atoms. The highest BCUT2D eigenvalue weighted by atomic mass is 16.5. The second kappa shape index (κ2) is 6.31. The van der Waals surface area contributed by atoms with Crippen molar-refractivity contribution in [3.63, 3.8) is 0 Å². The normalized spacial score (nSPS) is 16.9. The Labute approximate surface area is 122 Å². The molecule has 2 rings (SSSR count). The Balaban J connectivity index is 1.74. The van der Waals surface area contributed by atoms with Gasteiger partial charge < -0.3 is 10.5 Å². The Morgan fingerprint density at radius 3 is 2.45 bits per heavy atom. The van der Waals surface area contributed by atoms with Gasteiger partial charge >= 0.3 is 0 Å². The molecule has 1 aromatic rings. The number of nitrogens with zero attached hydrogens (tertiary/aromatic N) is 1. The monoisotopic (exact) mass is 274 g/mol. The van der Waals surface area contributed by atoms with E-state index >= 15 is 0 Å². The fourth-order valence-electron chi connectivity index (χ4n) is 2.45. The van der Waals surface area contributed by atoms with E-state index in [1.54, 1.807) is 5.57 Å². The minimum Gasteiger partial charge on any atom is -0.492 e. The number of hydrogen-bond acceptors (Lipinski definition) is 3. The Kier molecular flexibility index (Phi) is 4.71. The summed E-state index contributed by atoms with van der Waals surface area (Å²) in [5.41, 5.74) is 8.31. The first-order chi connectivity index (χ1) is 9.45. The van der Waals surface area contributed by atoms with Crippen LogP contribution in [-0.2, 0) is 0 Å². The molecule has 0 unspecified atom stereocenters. The van der Waals surface area contributed by atoms with E-state index in [0.717, 1.165) is 37.7 Å². The van der Waals surface area contributed by atoms with Crippen molar-refractivity contribution in [2.24, 2.45) is 5.41 Å². The van der Waals surface area contributed by atoms with Crippen LogP contribution in [0.5, 0.6) is 5.75 Å². The van der Waals surface area contributed by atoms with Gasteiger partial charge in [0, 0.05) is 25.3 Å². The van der Waals surface area contributed by atoms with E-state index in [1.807, 2.05) is 24.3 Å². The Hall–Kier alpha value is -1.48. The molecule has 1 aromatic carbocycles. The molecule has 1 aliphatic heterocycles. The van der Waals surface area contributed by atoms with Crippen LogP contribution in [0.4, 0.5) is 5.69 Å². The molecule has 0 fully saturated rings. The van der Waals surface area contributed by atoms with Crippen molar-refractivity contribution in [2.45, 2.75) is 27.2 Å². The highest BCUT2D eigenvalue weighted by molar-refractivity contribution is 5.41. The van der Waals surface area contributed by atoms with Crippen molar-refractivity contribution in [2.75, 3.05) is 32.0 Å². The van der Waals surface area contributed by atoms with Crippen LogP contribution in [0.2, 0.25) is 0 Å². The average molecular weight is 274 g/mol. The summed E-state index contributed by atoms with van der Waals surface area (Å²) < 4.78 is 5.74. The van der Waals surface area contributed by atoms with E-state index in [-0.39, 0.29) is 0 Å². The van der Waals surface area contributed by atoms with Gasteiger partial charge in [0.25, 0.3) is 0 Å². The minimum atomic E-state index is 0.312. The number of rotatable bonds is 4. The zero-order chi connectivity index (χ0) is 14.6. The highest BCUT2D eigenvalue weighted by Crippen LogP contribution is 2.29. The molecular weight excluding hydrogens is 248 g/mol. The first-order valence-corrected chi connectivity index (χ1v) is 7.35. The lowest BCUT2D eigenvalue weighted by Crippen LogP contribution is -2.34. The molecule has 110 valence electrons. The molecule has 20 heavy (non-hydrogen) atoms. The van der Waals surface area contributed by atoms with Crippen LogP contribution in [0.25, 0.3) is 0 Å². The summed E-state index contributed by atoms with van der Waals surface area (Å²) >= 11 is 0. The molecule has 0 radical (unpaired) electrons. The van der Waals surface area contributed by atoms with Crippen molar-refractivity contribution in [3.8, 4) is 5.75 Å². The van der Waals surface area contributed by atoms with Crippen molar-refractivity contribution >= 4 is 5.69 Å². The first kappa shape index (κ1) is 14.9. The molecule has 1 aliphatic rings. The van der Waals surface area contributed by atoms with Gasteiger partial charge in [-0.2, -0.15) is 0 Å². The maximum atomic E-state index is 5.74. The summed E-state index contributed by atoms with van der Waals surface area (Å²) in [5.74, 6) is 0.891. The zero-order valence-electron chi connectivity index (χ0n) is 12.9. The largest absolute Gasteiger partial charge is 0.492 e. The summed E-state index contributed by atoms with van der Waals surface area (Å²) in [7, 11) is 0. The van der Waals surface area contributed by atoms with Crippen LogP contribution in [0.1, 0.15) is 27.2 Å². The summed E-state index contributed by atoms with van der Waals surface area (Å²) in [6, 6.07) is 7.58. The average Bonchev–Trinajstić information content (AvgIpc) is 2.41. The van der Waals surface area contributed by atoms with E-state index in [2.05, 4.69) is 31.7 Å². The van der Waals surface area contributed by atoms with E-state index < -0.39 is 0 Å². The van der Waals surface area contributed by atoms with Gasteiger partial charge in [-0.15, -0.1) is 0 Å². The lowest BCUT2D eigenvalue weighted by Gasteiger charge is -2.32. The molecule has 0 aromatic heterocycles. The van der Waals surface area contributed by atoms with Crippen LogP contribution < -0.4 is 10.5 Å². The van der Waals surface area contributed by atoms with Crippen LogP contribution in [0, 0.1) is 5.41 Å². The molecule has 3 heteroatoms. The maximum Gasteiger partial charge on any atom is 0.119 e. The predicted octanol–water partition coefficient (Wildman–Crippen LogP) is 3.33. The number of nitrogens with two attached hydrogens (primary N) is 1. The third-order valence-electron chi connectivity index (χ3n) is 3.81. The first-order valence-electron chi connectivity index (χ1n) is 7.35. The number of nitrogen functional groups attached to an aromatic ring is 1. The van der Waals surface area contributed by atoms with Gasteiger partial charge in [0.1, 0.15) is 12.4 Å². The molecule has 0 aliphatic carbocycles. The van der Waals surface area contributed by atoms with Gasteiger partial charge in [-0.3, -0.25) is 4.90 Å². The van der Waals surface area contributed by atoms with E-state index in [1.165, 1.54) is 6.42 Å². The van der Waals surface area contributed by atoms with Crippen molar-refractivity contribution in [1.29, 1.82) is 0 Å². The second-order valence-corrected chi connectivity index (χ2v) is 6.45. The number of hydrogen-bond donors (Lipinski definition) is 1. The smallest absolute Gasteiger partial charge is 0.119 e. The minimum absolute atomic E-state index is 0.312. The predicted molar refractivity (Wildman–Crippen MR) is 84.9 cm³/mol. The fourth-order valence-corrected chi connectivity index (χ4v) is 2.45. The zero-order valence-corrected chi connectivity index (χ0v) is 12.9. The molecular formula is C17H26N2O. The van der Waals surface area contributed by atoms with Gasteiger partial charge in [-0.1, -0.05) is 32.4 Å². The van der Waals surface area contributed by atoms with Gasteiger partial charge in [-0.25, -0.2) is 0 Å². The Morgan fingerprint density at radius 2 is 1.90 bits per heavy atom. The molecule has 0 amide bonds. The Bertz CT molecular complexity index is 457. The van der Waals surface area contributed by atoms with Crippen molar-refractivity contribution in [3.05, 3.63) is 35.9 Å². The number of anilines is 1. The molecule has 2 N–H and O–H groups in total. The maximum absolute atomic E-state index is 5.74. The molecule has 0 spiro atoms. The van der Waals surface area contributed by atoms with E-state index in [4.69, 9.17) is 10.5 Å². The fraction of sp³-hybridized carbons (Fsp3) is 0.529. The lowest BCUT2D eigenvalue weighted by molar-refractivity contribution is 0.213. The van der Waals surface area contributed by atoms with Crippen LogP contribution >= 0.6 is 0 Å². The number of ether oxygens (including phenoxy) is 1. The molecule has 0 atom stereocenters. The van der Waals surface area contributed by atoms with Gasteiger partial charge in [0.2, 0.25) is 0 Å². The van der Waals surface area contributed by atoms with Crippen molar-refractivity contribution in [1.82, 2.24) is 4.90 Å². The third kappa shape index (κ3) is 4.27. The summed E-state index contributed by atoms with van der Waals surface area (Å²) in [4.78, 5) is 2.44.